The largest absolute Gasteiger partial charge is 0.490 e. The van der Waals surface area contributed by atoms with Crippen LogP contribution in [0.4, 0.5) is 0 Å². The van der Waals surface area contributed by atoms with Crippen LogP contribution in [0.2, 0.25) is 15.1 Å². The van der Waals surface area contributed by atoms with E-state index in [0.717, 1.165) is 15.6 Å². The molecule has 0 aliphatic carbocycles. The zero-order valence-corrected chi connectivity index (χ0v) is 23.1. The molecule has 0 fully saturated rings. The standard InChI is InChI=1S/C28H18Cl3NO5S/c1-3-35-22-12-15(11-20-27(33)37-26(32-20)17-8-6-16(29)13-19(17)30)5-9-21(22)36-28(34)25-24(31)18-7-4-14(2)10-23(18)38-25/h4-13H,3H2,1-2H3/b20-11+. The van der Waals surface area contributed by atoms with E-state index in [-0.39, 0.29) is 17.3 Å². The molecular formula is C28H18Cl3NO5S. The van der Waals surface area contributed by atoms with Crippen molar-refractivity contribution in [1.29, 1.82) is 0 Å². The van der Waals surface area contributed by atoms with Gasteiger partial charge in [0.2, 0.25) is 5.90 Å². The molecule has 6 nitrogen and oxygen atoms in total. The van der Waals surface area contributed by atoms with Gasteiger partial charge in [0.15, 0.2) is 17.2 Å². The number of nitrogens with zero attached hydrogens (tertiary/aromatic N) is 1. The summed E-state index contributed by atoms with van der Waals surface area (Å²) in [6, 6.07) is 15.5. The Morgan fingerprint density at radius 1 is 1.05 bits per heavy atom. The lowest BCUT2D eigenvalue weighted by Crippen LogP contribution is -2.08. The van der Waals surface area contributed by atoms with Crippen molar-refractivity contribution < 1.29 is 23.8 Å². The fourth-order valence-corrected chi connectivity index (χ4v) is 5.73. The molecule has 0 spiro atoms. The number of ether oxygens (including phenoxy) is 3. The SMILES string of the molecule is CCOc1cc(/C=C2/N=C(c3ccc(Cl)cc3Cl)OC2=O)ccc1OC(=O)c1sc2cc(C)ccc2c1Cl. The molecule has 3 aromatic carbocycles. The predicted molar refractivity (Wildman–Crippen MR) is 151 cm³/mol. The number of thiophene rings is 1. The second kappa shape index (κ2) is 10.8. The molecule has 2 heterocycles. The van der Waals surface area contributed by atoms with E-state index in [9.17, 15) is 9.59 Å². The number of aliphatic imine (C=N–C) groups is 1. The summed E-state index contributed by atoms with van der Waals surface area (Å²) in [5.74, 6) is -0.605. The molecule has 4 aromatic rings. The highest BCUT2D eigenvalue weighted by molar-refractivity contribution is 7.21. The molecule has 0 N–H and O–H groups in total. The highest BCUT2D eigenvalue weighted by Crippen LogP contribution is 2.38. The first-order chi connectivity index (χ1) is 18.2. The first-order valence-electron chi connectivity index (χ1n) is 11.4. The number of hydrogen-bond donors (Lipinski definition) is 0. The number of rotatable bonds is 6. The zero-order chi connectivity index (χ0) is 27.0. The van der Waals surface area contributed by atoms with E-state index in [2.05, 4.69) is 4.99 Å². The van der Waals surface area contributed by atoms with Crippen LogP contribution in [-0.4, -0.2) is 24.4 Å². The summed E-state index contributed by atoms with van der Waals surface area (Å²) in [5, 5.41) is 1.91. The summed E-state index contributed by atoms with van der Waals surface area (Å²) in [7, 11) is 0. The van der Waals surface area contributed by atoms with E-state index in [1.807, 2.05) is 32.0 Å². The molecule has 38 heavy (non-hydrogen) atoms. The topological polar surface area (TPSA) is 74.2 Å². The second-order valence-electron chi connectivity index (χ2n) is 8.23. The maximum Gasteiger partial charge on any atom is 0.363 e. The van der Waals surface area contributed by atoms with Gasteiger partial charge in [-0.05, 0) is 67.4 Å². The molecule has 0 saturated carbocycles. The summed E-state index contributed by atoms with van der Waals surface area (Å²) in [6.07, 6.45) is 1.54. The van der Waals surface area contributed by atoms with Gasteiger partial charge in [0.25, 0.3) is 0 Å². The maximum atomic E-state index is 13.0. The number of esters is 2. The van der Waals surface area contributed by atoms with Crippen molar-refractivity contribution in [3.8, 4) is 11.5 Å². The number of carbonyl (C=O) groups is 2. The molecule has 0 bridgehead atoms. The first kappa shape index (κ1) is 26.3. The lowest BCUT2D eigenvalue weighted by atomic mass is 10.1. The van der Waals surface area contributed by atoms with Gasteiger partial charge in [0.05, 0.1) is 22.2 Å². The van der Waals surface area contributed by atoms with Gasteiger partial charge in [-0.25, -0.2) is 14.6 Å². The lowest BCUT2D eigenvalue weighted by Gasteiger charge is -2.11. The molecule has 192 valence electrons. The fourth-order valence-electron chi connectivity index (χ4n) is 3.76. The Balaban J connectivity index is 1.42. The molecule has 0 saturated heterocycles. The Kier molecular flexibility index (Phi) is 7.45. The number of fused-ring (bicyclic) bond motifs is 1. The van der Waals surface area contributed by atoms with Crippen molar-refractivity contribution in [2.45, 2.75) is 13.8 Å². The molecular weight excluding hydrogens is 569 g/mol. The van der Waals surface area contributed by atoms with Crippen molar-refractivity contribution in [1.82, 2.24) is 0 Å². The predicted octanol–water partition coefficient (Wildman–Crippen LogP) is 8.13. The normalized spacial score (nSPS) is 14.1. The number of halogens is 3. The molecule has 1 aliphatic heterocycles. The van der Waals surface area contributed by atoms with Crippen molar-refractivity contribution >= 4 is 80.1 Å². The average molecular weight is 587 g/mol. The number of cyclic esters (lactones) is 1. The second-order valence-corrected chi connectivity index (χ2v) is 10.5. The minimum atomic E-state index is -0.630. The van der Waals surface area contributed by atoms with Gasteiger partial charge in [-0.2, -0.15) is 0 Å². The summed E-state index contributed by atoms with van der Waals surface area (Å²) in [6.45, 7) is 4.11. The van der Waals surface area contributed by atoms with E-state index in [0.29, 0.717) is 43.4 Å². The van der Waals surface area contributed by atoms with Gasteiger partial charge in [-0.1, -0.05) is 53.0 Å². The van der Waals surface area contributed by atoms with Crippen LogP contribution in [0.1, 0.15) is 33.3 Å². The number of aryl methyl sites for hydroxylation is 1. The molecule has 0 radical (unpaired) electrons. The lowest BCUT2D eigenvalue weighted by molar-refractivity contribution is -0.129. The van der Waals surface area contributed by atoms with Crippen LogP contribution in [0.25, 0.3) is 16.2 Å². The van der Waals surface area contributed by atoms with Gasteiger partial charge >= 0.3 is 11.9 Å². The van der Waals surface area contributed by atoms with E-state index in [1.54, 1.807) is 36.4 Å². The van der Waals surface area contributed by atoms with Crippen molar-refractivity contribution in [2.75, 3.05) is 6.61 Å². The third kappa shape index (κ3) is 5.28. The van der Waals surface area contributed by atoms with Crippen molar-refractivity contribution in [2.24, 2.45) is 4.99 Å². The van der Waals surface area contributed by atoms with Gasteiger partial charge < -0.3 is 14.2 Å². The van der Waals surface area contributed by atoms with E-state index in [1.165, 1.54) is 17.4 Å². The molecule has 0 amide bonds. The smallest absolute Gasteiger partial charge is 0.363 e. The van der Waals surface area contributed by atoms with Crippen molar-refractivity contribution in [3.63, 3.8) is 0 Å². The molecule has 10 heteroatoms. The van der Waals surface area contributed by atoms with Crippen LogP contribution in [0.5, 0.6) is 11.5 Å². The Hall–Kier alpha value is -3.36. The van der Waals surface area contributed by atoms with Crippen LogP contribution in [0.15, 0.2) is 65.3 Å². The quantitative estimate of drug-likeness (QED) is 0.130. The highest BCUT2D eigenvalue weighted by Gasteiger charge is 2.26. The Morgan fingerprint density at radius 3 is 2.63 bits per heavy atom. The monoisotopic (exact) mass is 585 g/mol. The van der Waals surface area contributed by atoms with Crippen LogP contribution in [-0.2, 0) is 9.53 Å². The number of hydrogen-bond acceptors (Lipinski definition) is 7. The summed E-state index contributed by atoms with van der Waals surface area (Å²) >= 11 is 19.9. The van der Waals surface area contributed by atoms with Gasteiger partial charge in [0.1, 0.15) is 4.88 Å². The minimum Gasteiger partial charge on any atom is -0.490 e. The van der Waals surface area contributed by atoms with Crippen LogP contribution in [0, 0.1) is 6.92 Å². The minimum absolute atomic E-state index is 0.0746. The summed E-state index contributed by atoms with van der Waals surface area (Å²) in [5.41, 5.74) is 2.17. The van der Waals surface area contributed by atoms with Crippen LogP contribution in [0.3, 0.4) is 0 Å². The van der Waals surface area contributed by atoms with Gasteiger partial charge in [-0.15, -0.1) is 11.3 Å². The van der Waals surface area contributed by atoms with Crippen molar-refractivity contribution in [3.05, 3.63) is 96.9 Å². The summed E-state index contributed by atoms with van der Waals surface area (Å²) < 4.78 is 17.6. The average Bonchev–Trinajstić information content (AvgIpc) is 3.39. The Labute approximate surface area is 237 Å². The number of benzene rings is 3. The van der Waals surface area contributed by atoms with Crippen LogP contribution < -0.4 is 9.47 Å². The van der Waals surface area contributed by atoms with E-state index < -0.39 is 11.9 Å². The third-order valence-corrected chi connectivity index (χ3v) is 7.71. The third-order valence-electron chi connectivity index (χ3n) is 5.53. The highest BCUT2D eigenvalue weighted by atomic mass is 35.5. The molecule has 0 unspecified atom stereocenters. The molecule has 5 rings (SSSR count). The van der Waals surface area contributed by atoms with Crippen LogP contribution >= 0.6 is 46.1 Å². The molecule has 1 aromatic heterocycles. The fraction of sp³-hybridized carbons (Fsp3) is 0.107. The van der Waals surface area contributed by atoms with E-state index >= 15 is 0 Å². The Morgan fingerprint density at radius 2 is 1.87 bits per heavy atom. The number of carbonyl (C=O) groups excluding carboxylic acids is 2. The van der Waals surface area contributed by atoms with Gasteiger partial charge in [-0.3, -0.25) is 0 Å². The van der Waals surface area contributed by atoms with E-state index in [4.69, 9.17) is 49.0 Å². The van der Waals surface area contributed by atoms with Gasteiger partial charge in [0, 0.05) is 15.1 Å². The zero-order valence-electron chi connectivity index (χ0n) is 20.0. The maximum absolute atomic E-state index is 13.0. The molecule has 1 aliphatic rings. The molecule has 0 atom stereocenters. The first-order valence-corrected chi connectivity index (χ1v) is 13.3. The Bertz CT molecular complexity index is 1670. The summed E-state index contributed by atoms with van der Waals surface area (Å²) in [4.78, 5) is 30.1.